The maximum absolute atomic E-state index is 14.3. The first-order chi connectivity index (χ1) is 15.1. The lowest BCUT2D eigenvalue weighted by molar-refractivity contribution is 0.441. The molecule has 0 bridgehead atoms. The zero-order valence-corrected chi connectivity index (χ0v) is 17.0. The smallest absolute Gasteiger partial charge is 0.176 e. The van der Waals surface area contributed by atoms with Gasteiger partial charge in [-0.25, -0.2) is 4.39 Å². The van der Waals surface area contributed by atoms with E-state index in [1.54, 1.807) is 30.5 Å². The molecule has 2 aliphatic rings. The number of hydrogen-bond acceptors (Lipinski definition) is 4. The van der Waals surface area contributed by atoms with E-state index in [4.69, 9.17) is 11.6 Å². The minimum absolute atomic E-state index is 0.392. The Kier molecular flexibility index (Phi) is 4.50. The Hall–Kier alpha value is -3.67. The molecule has 150 valence electrons. The quantitative estimate of drug-likeness (QED) is 0.531. The van der Waals surface area contributed by atoms with Gasteiger partial charge in [-0.3, -0.25) is 4.98 Å². The summed E-state index contributed by atoms with van der Waals surface area (Å²) in [4.78, 5) is 6.53. The highest BCUT2D eigenvalue weighted by atomic mass is 35.5. The maximum atomic E-state index is 14.3. The van der Waals surface area contributed by atoms with Crippen molar-refractivity contribution in [3.8, 4) is 12.1 Å². The molecule has 0 N–H and O–H groups in total. The van der Waals surface area contributed by atoms with Gasteiger partial charge >= 0.3 is 0 Å². The second-order valence-electron chi connectivity index (χ2n) is 7.74. The summed E-state index contributed by atoms with van der Waals surface area (Å²) in [6.07, 6.45) is 5.43. The van der Waals surface area contributed by atoms with Crippen LogP contribution in [-0.2, 0) is 0 Å². The molecule has 1 aromatic heterocycles. The number of aromatic nitrogens is 1. The van der Waals surface area contributed by atoms with Crippen LogP contribution in [0, 0.1) is 33.9 Å². The van der Waals surface area contributed by atoms with E-state index >= 15 is 0 Å². The van der Waals surface area contributed by atoms with Gasteiger partial charge in [-0.1, -0.05) is 41.9 Å². The summed E-state index contributed by atoms with van der Waals surface area (Å²) in [5.41, 5.74) is 1.67. The summed E-state index contributed by atoms with van der Waals surface area (Å²) in [7, 11) is 0. The fraction of sp³-hybridized carbons (Fsp3) is 0.160. The Balaban J connectivity index is 1.82. The van der Waals surface area contributed by atoms with Gasteiger partial charge in [-0.15, -0.1) is 0 Å². The van der Waals surface area contributed by atoms with Crippen molar-refractivity contribution in [2.24, 2.45) is 5.41 Å². The van der Waals surface area contributed by atoms with Gasteiger partial charge in [0.1, 0.15) is 5.82 Å². The standard InChI is InChI=1S/C25H16ClFN4/c26-18-8-6-16(7-9-18)24-23(17-3-1-4-19(27)13-17)25(14-28,15-29)22-11-10-20-21(31(22)24)5-2-12-30-20/h1-13,22-24H/t22-,23+,24+/m1/s1. The minimum atomic E-state index is -1.43. The largest absolute Gasteiger partial charge is 0.353 e. The zero-order valence-electron chi connectivity index (χ0n) is 16.3. The van der Waals surface area contributed by atoms with Crippen LogP contribution in [0.4, 0.5) is 10.1 Å². The van der Waals surface area contributed by atoms with Crippen LogP contribution in [0.5, 0.6) is 0 Å². The summed E-state index contributed by atoms with van der Waals surface area (Å²) < 4.78 is 14.3. The van der Waals surface area contributed by atoms with Crippen LogP contribution in [0.15, 0.2) is 72.9 Å². The molecule has 1 fully saturated rings. The third-order valence-electron chi connectivity index (χ3n) is 6.19. The molecule has 2 aromatic carbocycles. The number of halogens is 2. The van der Waals surface area contributed by atoms with E-state index in [0.717, 1.165) is 16.9 Å². The highest BCUT2D eigenvalue weighted by Crippen LogP contribution is 2.60. The number of pyridine rings is 1. The van der Waals surface area contributed by atoms with Gasteiger partial charge in [-0.05, 0) is 53.6 Å². The maximum Gasteiger partial charge on any atom is 0.176 e. The molecule has 0 unspecified atom stereocenters. The predicted octanol–water partition coefficient (Wildman–Crippen LogP) is 5.65. The Labute approximate surface area is 184 Å². The Morgan fingerprint density at radius 3 is 2.48 bits per heavy atom. The van der Waals surface area contributed by atoms with Crippen molar-refractivity contribution in [1.29, 1.82) is 10.5 Å². The molecule has 2 aliphatic heterocycles. The molecule has 0 amide bonds. The summed E-state index contributed by atoms with van der Waals surface area (Å²) in [6, 6.07) is 21.1. The first kappa shape index (κ1) is 19.3. The lowest BCUT2D eigenvalue weighted by Crippen LogP contribution is -2.39. The van der Waals surface area contributed by atoms with Gasteiger partial charge in [0.2, 0.25) is 0 Å². The van der Waals surface area contributed by atoms with Crippen LogP contribution >= 0.6 is 11.6 Å². The Morgan fingerprint density at radius 2 is 1.77 bits per heavy atom. The number of benzene rings is 2. The number of fused-ring (bicyclic) bond motifs is 3. The van der Waals surface area contributed by atoms with E-state index in [9.17, 15) is 14.9 Å². The molecular formula is C25H16ClFN4. The average Bonchev–Trinajstić information content (AvgIpc) is 3.10. The van der Waals surface area contributed by atoms with E-state index < -0.39 is 29.2 Å². The van der Waals surface area contributed by atoms with Crippen LogP contribution < -0.4 is 4.90 Å². The molecule has 1 saturated heterocycles. The summed E-state index contributed by atoms with van der Waals surface area (Å²) >= 11 is 6.13. The molecule has 6 heteroatoms. The summed E-state index contributed by atoms with van der Waals surface area (Å²) in [5, 5.41) is 21.3. The second kappa shape index (κ2) is 7.23. The molecule has 0 spiro atoms. The lowest BCUT2D eigenvalue weighted by atomic mass is 9.69. The summed E-state index contributed by atoms with van der Waals surface area (Å²) in [6.45, 7) is 0. The van der Waals surface area contributed by atoms with Gasteiger partial charge in [0.25, 0.3) is 0 Å². The van der Waals surface area contributed by atoms with Crippen LogP contribution in [0.3, 0.4) is 0 Å². The van der Waals surface area contributed by atoms with Crippen molar-refractivity contribution in [2.75, 3.05) is 4.90 Å². The first-order valence-corrected chi connectivity index (χ1v) is 10.2. The van der Waals surface area contributed by atoms with Gasteiger partial charge in [0, 0.05) is 17.1 Å². The van der Waals surface area contributed by atoms with Crippen LogP contribution in [0.25, 0.3) is 6.08 Å². The SMILES string of the molecule is N#CC1(C#N)[C@@H](c2cccc(F)c2)[C@H](c2ccc(Cl)cc2)N2c3cccnc3C=C[C@@H]21. The molecule has 3 aromatic rings. The van der Waals surface area contributed by atoms with Crippen LogP contribution in [0.1, 0.15) is 28.8 Å². The van der Waals surface area contributed by atoms with Crippen molar-refractivity contribution in [2.45, 2.75) is 18.0 Å². The van der Waals surface area contributed by atoms with Crippen molar-refractivity contribution < 1.29 is 4.39 Å². The molecule has 3 atom stereocenters. The number of hydrogen-bond donors (Lipinski definition) is 0. The molecule has 31 heavy (non-hydrogen) atoms. The second-order valence-corrected chi connectivity index (χ2v) is 8.18. The van der Waals surface area contributed by atoms with Gasteiger partial charge < -0.3 is 4.90 Å². The van der Waals surface area contributed by atoms with Crippen molar-refractivity contribution >= 4 is 23.4 Å². The van der Waals surface area contributed by atoms with Gasteiger partial charge in [-0.2, -0.15) is 10.5 Å². The van der Waals surface area contributed by atoms with E-state index in [1.807, 2.05) is 36.4 Å². The number of nitriles is 2. The van der Waals surface area contributed by atoms with E-state index in [-0.39, 0.29) is 0 Å². The Morgan fingerprint density at radius 1 is 1.00 bits per heavy atom. The highest BCUT2D eigenvalue weighted by Gasteiger charge is 2.61. The average molecular weight is 427 g/mol. The molecule has 0 aliphatic carbocycles. The van der Waals surface area contributed by atoms with Crippen molar-refractivity contribution in [1.82, 2.24) is 4.98 Å². The molecule has 0 saturated carbocycles. The predicted molar refractivity (Wildman–Crippen MR) is 117 cm³/mol. The third kappa shape index (κ3) is 2.82. The van der Waals surface area contributed by atoms with E-state index in [2.05, 4.69) is 22.0 Å². The molecule has 0 radical (unpaired) electrons. The van der Waals surface area contributed by atoms with E-state index in [0.29, 0.717) is 10.6 Å². The van der Waals surface area contributed by atoms with Crippen LogP contribution in [0.2, 0.25) is 5.02 Å². The minimum Gasteiger partial charge on any atom is -0.353 e. The Bertz CT molecular complexity index is 1260. The van der Waals surface area contributed by atoms with Crippen molar-refractivity contribution in [3.05, 3.63) is 101 Å². The number of rotatable bonds is 2. The zero-order chi connectivity index (χ0) is 21.6. The molecule has 5 rings (SSSR count). The first-order valence-electron chi connectivity index (χ1n) is 9.84. The molecular weight excluding hydrogens is 411 g/mol. The monoisotopic (exact) mass is 426 g/mol. The number of anilines is 1. The highest BCUT2D eigenvalue weighted by molar-refractivity contribution is 6.30. The number of nitrogens with zero attached hydrogens (tertiary/aromatic N) is 4. The van der Waals surface area contributed by atoms with Gasteiger partial charge in [0.05, 0.1) is 35.6 Å². The van der Waals surface area contributed by atoms with E-state index in [1.165, 1.54) is 12.1 Å². The fourth-order valence-electron chi connectivity index (χ4n) is 4.92. The third-order valence-corrected chi connectivity index (χ3v) is 6.44. The fourth-order valence-corrected chi connectivity index (χ4v) is 5.05. The normalized spacial score (nSPS) is 22.8. The lowest BCUT2D eigenvalue weighted by Gasteiger charge is -2.35. The summed E-state index contributed by atoms with van der Waals surface area (Å²) in [5.74, 6) is -1.00. The van der Waals surface area contributed by atoms with Gasteiger partial charge in [0.15, 0.2) is 5.41 Å². The molecule has 4 nitrogen and oxygen atoms in total. The topological polar surface area (TPSA) is 63.7 Å². The van der Waals surface area contributed by atoms with Crippen molar-refractivity contribution in [3.63, 3.8) is 0 Å². The van der Waals surface area contributed by atoms with Crippen LogP contribution in [-0.4, -0.2) is 11.0 Å². The molecule has 3 heterocycles.